The average molecular weight is 808 g/mol. The van der Waals surface area contributed by atoms with E-state index in [9.17, 15) is 0 Å². The van der Waals surface area contributed by atoms with Crippen LogP contribution in [0, 0.1) is 12.1 Å². The molecule has 0 atom stereocenters. The van der Waals surface area contributed by atoms with Gasteiger partial charge in [0.15, 0.2) is 0 Å². The number of rotatable bonds is 4. The molecule has 0 amide bonds. The van der Waals surface area contributed by atoms with Crippen LogP contribution in [0.15, 0.2) is 158 Å². The van der Waals surface area contributed by atoms with Crippen LogP contribution in [0.2, 0.25) is 0 Å². The molecule has 2 aromatic heterocycles. The zero-order valence-electron chi connectivity index (χ0n) is 27.2. The molecule has 3 heteroatoms. The smallest absolute Gasteiger partial charge is 0.299 e. The fourth-order valence-corrected chi connectivity index (χ4v) is 7.96. The van der Waals surface area contributed by atoms with Crippen molar-refractivity contribution < 1.29 is 21.1 Å². The molecular formula is C46H32N2Pt. The van der Waals surface area contributed by atoms with Crippen LogP contribution >= 0.6 is 0 Å². The van der Waals surface area contributed by atoms with Crippen molar-refractivity contribution >= 4 is 21.5 Å². The Morgan fingerprint density at radius 1 is 0.449 bits per heavy atom. The maximum atomic E-state index is 5.69. The summed E-state index contributed by atoms with van der Waals surface area (Å²) in [5, 5.41) is 4.46. The molecule has 8 aromatic rings. The van der Waals surface area contributed by atoms with Crippen molar-refractivity contribution in [2.75, 3.05) is 0 Å². The predicted octanol–water partition coefficient (Wildman–Crippen LogP) is 10.7. The van der Waals surface area contributed by atoms with Crippen molar-refractivity contribution in [3.8, 4) is 22.5 Å². The zero-order chi connectivity index (χ0) is 32.3. The molecule has 0 aliphatic heterocycles. The number of fused-ring (bicyclic) bond motifs is 4. The Labute approximate surface area is 301 Å². The van der Waals surface area contributed by atoms with Crippen molar-refractivity contribution in [2.45, 2.75) is 24.7 Å². The first-order valence-corrected chi connectivity index (χ1v) is 16.5. The van der Waals surface area contributed by atoms with Crippen LogP contribution in [0.3, 0.4) is 0 Å². The van der Waals surface area contributed by atoms with E-state index in [-0.39, 0.29) is 26.5 Å². The van der Waals surface area contributed by atoms with Gasteiger partial charge in [0, 0.05) is 5.41 Å². The van der Waals surface area contributed by atoms with Gasteiger partial charge >= 0.3 is 21.1 Å². The third-order valence-corrected chi connectivity index (χ3v) is 10.2. The van der Waals surface area contributed by atoms with Crippen LogP contribution in [0.4, 0.5) is 0 Å². The molecule has 0 spiro atoms. The standard InChI is InChI=1S/C46H32N2.Pt/c1-45(2)37-25-13-15-27-39(37)46(40-28-16-14-26-38(40)45,41-29-33-21-9-11-23-35(33)43(47-41)31-17-5-3-6-18-31)42-30-34-22-10-12-24-36(34)44(48-42)32-19-7-4-8-20-32;/h3-17,19,21-30H,1-2H3;/q-2;+2. The first-order chi connectivity index (χ1) is 23.6. The molecule has 0 unspecified atom stereocenters. The average Bonchev–Trinajstić information content (AvgIpc) is 3.15. The Morgan fingerprint density at radius 2 is 0.837 bits per heavy atom. The summed E-state index contributed by atoms with van der Waals surface area (Å²) in [6.45, 7) is 4.68. The van der Waals surface area contributed by atoms with Gasteiger partial charge in [-0.15, -0.1) is 71.8 Å². The van der Waals surface area contributed by atoms with Crippen molar-refractivity contribution in [3.05, 3.63) is 203 Å². The molecule has 236 valence electrons. The normalized spacial score (nSPS) is 14.1. The predicted molar refractivity (Wildman–Crippen MR) is 196 cm³/mol. The Balaban J connectivity index is 0.00000348. The summed E-state index contributed by atoms with van der Waals surface area (Å²) in [4.78, 5) is 11.4. The van der Waals surface area contributed by atoms with E-state index in [1.807, 2.05) is 24.3 Å². The molecule has 6 aromatic carbocycles. The zero-order valence-corrected chi connectivity index (χ0v) is 29.5. The van der Waals surface area contributed by atoms with E-state index in [1.165, 1.54) is 22.3 Å². The minimum Gasteiger partial charge on any atom is -0.299 e. The second-order valence-electron chi connectivity index (χ2n) is 13.2. The Morgan fingerprint density at radius 3 is 1.27 bits per heavy atom. The monoisotopic (exact) mass is 807 g/mol. The molecule has 1 aliphatic rings. The van der Waals surface area contributed by atoms with Crippen molar-refractivity contribution in [1.82, 2.24) is 9.97 Å². The molecule has 2 heterocycles. The van der Waals surface area contributed by atoms with E-state index >= 15 is 0 Å². The molecule has 49 heavy (non-hydrogen) atoms. The topological polar surface area (TPSA) is 25.8 Å². The number of pyridine rings is 2. The van der Waals surface area contributed by atoms with Crippen LogP contribution < -0.4 is 0 Å². The third kappa shape index (κ3) is 4.73. The van der Waals surface area contributed by atoms with E-state index in [0.29, 0.717) is 0 Å². The number of nitrogens with zero attached hydrogens (tertiary/aromatic N) is 2. The number of hydrogen-bond acceptors (Lipinski definition) is 2. The molecular weight excluding hydrogens is 776 g/mol. The summed E-state index contributed by atoms with van der Waals surface area (Å²) in [7, 11) is 0. The Hall–Kier alpha value is -5.17. The van der Waals surface area contributed by atoms with Crippen molar-refractivity contribution in [3.63, 3.8) is 0 Å². The van der Waals surface area contributed by atoms with Gasteiger partial charge in [0.25, 0.3) is 0 Å². The van der Waals surface area contributed by atoms with Crippen molar-refractivity contribution in [1.29, 1.82) is 0 Å². The minimum absolute atomic E-state index is 0. The number of hydrogen-bond donors (Lipinski definition) is 0. The minimum atomic E-state index is -0.830. The number of aromatic nitrogens is 2. The summed E-state index contributed by atoms with van der Waals surface area (Å²) in [6, 6.07) is 62.8. The fourth-order valence-electron chi connectivity index (χ4n) is 7.96. The van der Waals surface area contributed by atoms with Gasteiger partial charge in [-0.05, 0) is 67.3 Å². The fraction of sp³-hybridized carbons (Fsp3) is 0.0870. The quantitative estimate of drug-likeness (QED) is 0.166. The molecule has 9 rings (SSSR count). The number of benzene rings is 6. The van der Waals surface area contributed by atoms with Gasteiger partial charge < -0.3 is 0 Å². The van der Waals surface area contributed by atoms with E-state index in [4.69, 9.17) is 9.97 Å². The van der Waals surface area contributed by atoms with Gasteiger partial charge in [0.05, 0.1) is 11.4 Å². The van der Waals surface area contributed by atoms with Gasteiger partial charge in [-0.1, -0.05) is 111 Å². The maximum Gasteiger partial charge on any atom is 2.00 e. The first-order valence-electron chi connectivity index (χ1n) is 16.5. The SMILES string of the molecule is CC1(C)c2ccccc2C(c2cc3ccccc3c(-c3[c-]cccc3)n2)(c2cc3ccccc3c(-c3[c-]cccc3)n2)c2ccccc21.[Pt+2]. The third-order valence-electron chi connectivity index (χ3n) is 10.2. The second-order valence-corrected chi connectivity index (χ2v) is 13.2. The molecule has 0 fully saturated rings. The van der Waals surface area contributed by atoms with Gasteiger partial charge in [0.2, 0.25) is 0 Å². The summed E-state index contributed by atoms with van der Waals surface area (Å²) in [5.41, 5.74) is 9.52. The second kappa shape index (κ2) is 12.1. The van der Waals surface area contributed by atoms with Gasteiger partial charge in [-0.2, -0.15) is 0 Å². The van der Waals surface area contributed by atoms with E-state index in [2.05, 4.69) is 159 Å². The molecule has 0 saturated heterocycles. The maximum absolute atomic E-state index is 5.69. The molecule has 0 radical (unpaired) electrons. The van der Waals surface area contributed by atoms with Gasteiger partial charge in [-0.3, -0.25) is 9.97 Å². The van der Waals surface area contributed by atoms with Crippen molar-refractivity contribution in [2.24, 2.45) is 0 Å². The summed E-state index contributed by atoms with van der Waals surface area (Å²) in [5.74, 6) is 0. The van der Waals surface area contributed by atoms with Crippen LogP contribution in [0.5, 0.6) is 0 Å². The van der Waals surface area contributed by atoms with Crippen LogP contribution in [-0.4, -0.2) is 9.97 Å². The first kappa shape index (κ1) is 31.1. The molecule has 0 saturated carbocycles. The van der Waals surface area contributed by atoms with Crippen LogP contribution in [0.1, 0.15) is 47.5 Å². The summed E-state index contributed by atoms with van der Waals surface area (Å²) < 4.78 is 0. The summed E-state index contributed by atoms with van der Waals surface area (Å²) in [6.07, 6.45) is 0. The largest absolute Gasteiger partial charge is 2.00 e. The van der Waals surface area contributed by atoms with Crippen LogP contribution in [0.25, 0.3) is 44.1 Å². The molecule has 1 aliphatic carbocycles. The van der Waals surface area contributed by atoms with E-state index in [1.54, 1.807) is 0 Å². The van der Waals surface area contributed by atoms with E-state index < -0.39 is 5.41 Å². The van der Waals surface area contributed by atoms with Crippen LogP contribution in [-0.2, 0) is 31.9 Å². The molecule has 0 bridgehead atoms. The van der Waals surface area contributed by atoms with Gasteiger partial charge in [-0.25, -0.2) is 0 Å². The summed E-state index contributed by atoms with van der Waals surface area (Å²) >= 11 is 0. The van der Waals surface area contributed by atoms with Gasteiger partial charge in [0.1, 0.15) is 5.41 Å². The van der Waals surface area contributed by atoms with E-state index in [0.717, 1.165) is 55.4 Å². The molecule has 0 N–H and O–H groups in total. The Kier molecular flexibility index (Phi) is 7.66. The molecule has 2 nitrogen and oxygen atoms in total. The Bertz CT molecular complexity index is 2310.